The number of hydrogen-bond donors (Lipinski definition) is 2. The average molecular weight is 231 g/mol. The van der Waals surface area contributed by atoms with Crippen LogP contribution in [0.2, 0.25) is 0 Å². The highest BCUT2D eigenvalue weighted by atomic mass is 16.5. The minimum atomic E-state index is -0.499. The fraction of sp³-hybridized carbons (Fsp3) is 0.909. The minimum absolute atomic E-state index is 0.0144. The van der Waals surface area contributed by atoms with Gasteiger partial charge in [0.05, 0.1) is 24.9 Å². The Morgan fingerprint density at radius 2 is 2.31 bits per heavy atom. The molecule has 2 N–H and O–H groups in total. The summed E-state index contributed by atoms with van der Waals surface area (Å²) in [4.78, 5) is 13.4. The summed E-state index contributed by atoms with van der Waals surface area (Å²) in [6, 6.07) is -0.222. The number of likely N-dealkylation sites (tertiary alicyclic amines) is 1. The SMILES string of the molecule is COC(C)CCC(=O)N1CC(O)CC1CO. The lowest BCUT2D eigenvalue weighted by molar-refractivity contribution is -0.133. The van der Waals surface area contributed by atoms with Crippen LogP contribution in [0, 0.1) is 0 Å². The standard InChI is InChI=1S/C11H21NO4/c1-8(16-2)3-4-11(15)12-6-10(14)5-9(12)7-13/h8-10,13-14H,3-7H2,1-2H3. The molecule has 1 aliphatic heterocycles. The summed E-state index contributed by atoms with van der Waals surface area (Å²) in [5.41, 5.74) is 0. The van der Waals surface area contributed by atoms with E-state index < -0.39 is 6.10 Å². The van der Waals surface area contributed by atoms with Crippen LogP contribution >= 0.6 is 0 Å². The van der Waals surface area contributed by atoms with Crippen LogP contribution in [0.15, 0.2) is 0 Å². The maximum absolute atomic E-state index is 11.8. The molecule has 5 heteroatoms. The second kappa shape index (κ2) is 6.18. The predicted molar refractivity (Wildman–Crippen MR) is 58.9 cm³/mol. The average Bonchev–Trinajstić information content (AvgIpc) is 2.66. The highest BCUT2D eigenvalue weighted by Gasteiger charge is 2.33. The summed E-state index contributed by atoms with van der Waals surface area (Å²) in [5.74, 6) is -0.0144. The lowest BCUT2D eigenvalue weighted by Gasteiger charge is -2.23. The van der Waals surface area contributed by atoms with Gasteiger partial charge in [0.1, 0.15) is 0 Å². The lowest BCUT2D eigenvalue weighted by Crippen LogP contribution is -2.38. The molecule has 1 heterocycles. The number of aliphatic hydroxyl groups excluding tert-OH is 2. The van der Waals surface area contributed by atoms with Gasteiger partial charge in [-0.25, -0.2) is 0 Å². The van der Waals surface area contributed by atoms with Gasteiger partial charge in [0, 0.05) is 20.1 Å². The summed E-state index contributed by atoms with van der Waals surface area (Å²) in [6.45, 7) is 2.17. The molecule has 16 heavy (non-hydrogen) atoms. The lowest BCUT2D eigenvalue weighted by atomic mass is 10.2. The fourth-order valence-electron chi connectivity index (χ4n) is 1.96. The quantitative estimate of drug-likeness (QED) is 0.685. The van der Waals surface area contributed by atoms with Crippen LogP contribution in [0.3, 0.4) is 0 Å². The summed E-state index contributed by atoms with van der Waals surface area (Å²) in [5, 5.41) is 18.5. The highest BCUT2D eigenvalue weighted by Crippen LogP contribution is 2.19. The zero-order chi connectivity index (χ0) is 12.1. The zero-order valence-corrected chi connectivity index (χ0v) is 9.93. The molecule has 5 nitrogen and oxygen atoms in total. The van der Waals surface area contributed by atoms with Gasteiger partial charge in [-0.15, -0.1) is 0 Å². The van der Waals surface area contributed by atoms with E-state index in [4.69, 9.17) is 9.84 Å². The Morgan fingerprint density at radius 3 is 2.88 bits per heavy atom. The molecule has 0 aliphatic carbocycles. The van der Waals surface area contributed by atoms with Gasteiger partial charge in [0.15, 0.2) is 0 Å². The summed E-state index contributed by atoms with van der Waals surface area (Å²) in [7, 11) is 1.62. The fourth-order valence-corrected chi connectivity index (χ4v) is 1.96. The van der Waals surface area contributed by atoms with Crippen molar-refractivity contribution in [3.8, 4) is 0 Å². The van der Waals surface area contributed by atoms with E-state index in [0.29, 0.717) is 25.8 Å². The van der Waals surface area contributed by atoms with E-state index in [2.05, 4.69) is 0 Å². The van der Waals surface area contributed by atoms with Gasteiger partial charge in [-0.3, -0.25) is 4.79 Å². The first-order valence-electron chi connectivity index (χ1n) is 5.69. The molecule has 1 fully saturated rings. The maximum atomic E-state index is 11.8. The molecule has 0 aromatic carbocycles. The molecule has 0 aromatic heterocycles. The molecule has 1 amide bonds. The van der Waals surface area contributed by atoms with Crippen molar-refractivity contribution in [2.24, 2.45) is 0 Å². The third kappa shape index (κ3) is 3.43. The molecule has 0 saturated carbocycles. The van der Waals surface area contributed by atoms with Crippen LogP contribution in [0.1, 0.15) is 26.2 Å². The second-order valence-corrected chi connectivity index (χ2v) is 4.36. The van der Waals surface area contributed by atoms with Crippen molar-refractivity contribution in [3.05, 3.63) is 0 Å². The predicted octanol–water partition coefficient (Wildman–Crippen LogP) is -0.244. The molecule has 1 aliphatic rings. The van der Waals surface area contributed by atoms with Crippen LogP contribution in [0.25, 0.3) is 0 Å². The largest absolute Gasteiger partial charge is 0.394 e. The molecule has 1 saturated heterocycles. The molecule has 0 spiro atoms. The smallest absolute Gasteiger partial charge is 0.223 e. The summed E-state index contributed by atoms with van der Waals surface area (Å²) < 4.78 is 5.07. The molecular formula is C11H21NO4. The number of ether oxygens (including phenoxy) is 1. The van der Waals surface area contributed by atoms with Crippen LogP contribution in [-0.2, 0) is 9.53 Å². The molecule has 94 valence electrons. The normalized spacial score (nSPS) is 27.1. The molecule has 0 aromatic rings. The van der Waals surface area contributed by atoms with Gasteiger partial charge in [-0.1, -0.05) is 0 Å². The summed E-state index contributed by atoms with van der Waals surface area (Å²) in [6.07, 6.45) is 1.10. The van der Waals surface area contributed by atoms with E-state index in [9.17, 15) is 9.90 Å². The van der Waals surface area contributed by atoms with Gasteiger partial charge < -0.3 is 19.8 Å². The number of hydrogen-bond acceptors (Lipinski definition) is 4. The van der Waals surface area contributed by atoms with Crippen LogP contribution in [0.4, 0.5) is 0 Å². The first-order chi connectivity index (χ1) is 7.58. The first-order valence-corrected chi connectivity index (χ1v) is 5.69. The van der Waals surface area contributed by atoms with E-state index in [1.54, 1.807) is 12.0 Å². The highest BCUT2D eigenvalue weighted by molar-refractivity contribution is 5.77. The van der Waals surface area contributed by atoms with E-state index in [0.717, 1.165) is 0 Å². The van der Waals surface area contributed by atoms with Gasteiger partial charge in [-0.05, 0) is 19.8 Å². The van der Waals surface area contributed by atoms with E-state index in [-0.39, 0.29) is 24.7 Å². The van der Waals surface area contributed by atoms with Crippen molar-refractivity contribution in [1.29, 1.82) is 0 Å². The number of rotatable bonds is 5. The van der Waals surface area contributed by atoms with E-state index >= 15 is 0 Å². The Hall–Kier alpha value is -0.650. The van der Waals surface area contributed by atoms with Crippen LogP contribution < -0.4 is 0 Å². The number of β-amino-alcohol motifs (C(OH)–C–C–N with tert-alkyl or cyclic N) is 1. The molecule has 3 atom stereocenters. The third-order valence-corrected chi connectivity index (χ3v) is 3.09. The van der Waals surface area contributed by atoms with Gasteiger partial charge in [0.2, 0.25) is 5.91 Å². The number of methoxy groups -OCH3 is 1. The molecule has 3 unspecified atom stereocenters. The van der Waals surface area contributed by atoms with E-state index in [1.165, 1.54) is 0 Å². The first kappa shape index (κ1) is 13.4. The number of carbonyl (C=O) groups excluding carboxylic acids is 1. The summed E-state index contributed by atoms with van der Waals surface area (Å²) >= 11 is 0. The van der Waals surface area contributed by atoms with E-state index in [1.807, 2.05) is 6.92 Å². The van der Waals surface area contributed by atoms with Crippen LogP contribution in [-0.4, -0.2) is 59.5 Å². The van der Waals surface area contributed by atoms with Crippen LogP contribution in [0.5, 0.6) is 0 Å². The van der Waals surface area contributed by atoms with Crippen molar-refractivity contribution in [2.45, 2.75) is 44.4 Å². The molecular weight excluding hydrogens is 210 g/mol. The van der Waals surface area contributed by atoms with Crippen molar-refractivity contribution in [2.75, 3.05) is 20.3 Å². The Balaban J connectivity index is 2.41. The number of amides is 1. The van der Waals surface area contributed by atoms with Crippen molar-refractivity contribution >= 4 is 5.91 Å². The Bertz CT molecular complexity index is 234. The minimum Gasteiger partial charge on any atom is -0.394 e. The van der Waals surface area contributed by atoms with Crippen molar-refractivity contribution in [1.82, 2.24) is 4.90 Å². The Morgan fingerprint density at radius 1 is 1.62 bits per heavy atom. The second-order valence-electron chi connectivity index (χ2n) is 4.36. The third-order valence-electron chi connectivity index (χ3n) is 3.09. The molecule has 0 bridgehead atoms. The topological polar surface area (TPSA) is 70.0 Å². The molecule has 0 radical (unpaired) electrons. The maximum Gasteiger partial charge on any atom is 0.223 e. The molecule has 1 rings (SSSR count). The van der Waals surface area contributed by atoms with Gasteiger partial charge in [0.25, 0.3) is 0 Å². The monoisotopic (exact) mass is 231 g/mol. The Labute approximate surface area is 96.0 Å². The van der Waals surface area contributed by atoms with Gasteiger partial charge in [-0.2, -0.15) is 0 Å². The number of carbonyl (C=O) groups is 1. The van der Waals surface area contributed by atoms with Crippen molar-refractivity contribution in [3.63, 3.8) is 0 Å². The Kier molecular flexibility index (Phi) is 5.18. The van der Waals surface area contributed by atoms with Gasteiger partial charge >= 0.3 is 0 Å². The number of aliphatic hydroxyl groups is 2. The van der Waals surface area contributed by atoms with Crippen molar-refractivity contribution < 1.29 is 19.7 Å². The number of nitrogens with zero attached hydrogens (tertiary/aromatic N) is 1. The zero-order valence-electron chi connectivity index (χ0n) is 9.93.